The van der Waals surface area contributed by atoms with E-state index in [9.17, 15) is 15.2 Å². The lowest BCUT2D eigenvalue weighted by molar-refractivity contribution is -0.137. The molecule has 3 aromatic carbocycles. The van der Waals surface area contributed by atoms with Crippen LogP contribution in [0.25, 0.3) is 11.1 Å². The summed E-state index contributed by atoms with van der Waals surface area (Å²) in [5, 5.41) is 19.3. The zero-order chi connectivity index (χ0) is 30.2. The van der Waals surface area contributed by atoms with Crippen molar-refractivity contribution in [1.29, 1.82) is 5.26 Å². The highest BCUT2D eigenvalue weighted by molar-refractivity contribution is 5.81. The summed E-state index contributed by atoms with van der Waals surface area (Å²) in [5.74, 6) is 1.26. The number of ether oxygens (including phenoxy) is 3. The van der Waals surface area contributed by atoms with Crippen LogP contribution in [-0.2, 0) is 11.2 Å². The Hall–Kier alpha value is -4.02. The molecule has 1 aliphatic heterocycles. The van der Waals surface area contributed by atoms with E-state index in [0.717, 1.165) is 64.1 Å². The first kappa shape index (κ1) is 29.5. The fourth-order valence-corrected chi connectivity index (χ4v) is 6.62. The molecule has 0 saturated heterocycles. The fourth-order valence-electron chi connectivity index (χ4n) is 6.62. The summed E-state index contributed by atoms with van der Waals surface area (Å²) in [5.41, 5.74) is 8.08. The van der Waals surface area contributed by atoms with Gasteiger partial charge < -0.3 is 24.2 Å². The van der Waals surface area contributed by atoms with Gasteiger partial charge in [0, 0.05) is 35.1 Å². The number of nitrogens with zero attached hydrogens (tertiary/aromatic N) is 2. The van der Waals surface area contributed by atoms with Crippen LogP contribution in [-0.4, -0.2) is 49.8 Å². The maximum Gasteiger partial charge on any atom is 0.304 e. The molecule has 1 aliphatic carbocycles. The van der Waals surface area contributed by atoms with E-state index in [1.165, 1.54) is 0 Å². The van der Waals surface area contributed by atoms with Gasteiger partial charge in [0.25, 0.3) is 0 Å². The van der Waals surface area contributed by atoms with E-state index in [4.69, 9.17) is 14.2 Å². The zero-order valence-corrected chi connectivity index (χ0v) is 25.4. The molecule has 220 valence electrons. The normalized spacial score (nSPS) is 17.4. The molecule has 1 N–H and O–H groups in total. The third kappa shape index (κ3) is 6.10. The number of nitriles is 1. The first-order valence-corrected chi connectivity index (χ1v) is 14.6. The van der Waals surface area contributed by atoms with E-state index in [1.807, 2.05) is 30.3 Å². The number of carbonyl (C=O) groups is 1. The van der Waals surface area contributed by atoms with Crippen LogP contribution in [0.15, 0.2) is 42.5 Å². The lowest BCUT2D eigenvalue weighted by Crippen LogP contribution is -2.33. The molecule has 2 aliphatic rings. The maximum atomic E-state index is 11.2. The van der Waals surface area contributed by atoms with Gasteiger partial charge in [0.1, 0.15) is 23.4 Å². The maximum absolute atomic E-state index is 11.2. The standard InChI is InChI=1S/C35H40N2O5/c1-21-13-26(41-20-35(3,4)19-37(5)6)14-22(2)33(21)34-23(17-36)7-9-28-29(34)11-12-30(28)42-25-8-10-27-24(15-32(38)39)18-40-31(27)16-25/h7-10,13-14,16,24,30H,11-12,15,18-20H2,1-6H3,(H,38,39)/t24-,30-/m1/s1. The van der Waals surface area contributed by atoms with Gasteiger partial charge in [0.2, 0.25) is 0 Å². The Kier molecular flexibility index (Phi) is 8.21. The number of fused-ring (bicyclic) bond motifs is 2. The average molecular weight is 569 g/mol. The monoisotopic (exact) mass is 568 g/mol. The Bertz CT molecular complexity index is 1530. The van der Waals surface area contributed by atoms with Gasteiger partial charge in [-0.05, 0) is 92.9 Å². The second kappa shape index (κ2) is 11.7. The number of rotatable bonds is 10. The van der Waals surface area contributed by atoms with Crippen LogP contribution in [0.2, 0.25) is 0 Å². The number of carboxylic acid groups (broad SMARTS) is 1. The molecule has 0 unspecified atom stereocenters. The SMILES string of the molecule is Cc1cc(OCC(C)(C)CN(C)C)cc(C)c1-c1c(C#N)ccc2c1CC[C@H]2Oc1ccc2c(c1)OC[C@H]2CC(=O)O. The number of hydrogen-bond acceptors (Lipinski definition) is 6. The third-order valence-corrected chi connectivity index (χ3v) is 8.17. The molecule has 42 heavy (non-hydrogen) atoms. The second-order valence-corrected chi connectivity index (χ2v) is 12.7. The summed E-state index contributed by atoms with van der Waals surface area (Å²) >= 11 is 0. The molecular weight excluding hydrogens is 528 g/mol. The molecule has 1 heterocycles. The minimum atomic E-state index is -0.830. The Labute approximate surface area is 248 Å². The Balaban J connectivity index is 1.41. The van der Waals surface area contributed by atoms with E-state index in [0.29, 0.717) is 30.3 Å². The highest BCUT2D eigenvalue weighted by Crippen LogP contribution is 2.45. The van der Waals surface area contributed by atoms with Crippen molar-refractivity contribution < 1.29 is 24.1 Å². The van der Waals surface area contributed by atoms with Crippen LogP contribution < -0.4 is 14.2 Å². The van der Waals surface area contributed by atoms with Gasteiger partial charge >= 0.3 is 5.97 Å². The van der Waals surface area contributed by atoms with Crippen LogP contribution in [0.5, 0.6) is 17.2 Å². The highest BCUT2D eigenvalue weighted by Gasteiger charge is 2.31. The molecule has 0 amide bonds. The molecule has 3 aromatic rings. The molecule has 0 radical (unpaired) electrons. The van der Waals surface area contributed by atoms with Gasteiger partial charge in [0.05, 0.1) is 31.3 Å². The predicted octanol–water partition coefficient (Wildman–Crippen LogP) is 6.83. The number of carboxylic acids is 1. The van der Waals surface area contributed by atoms with E-state index < -0.39 is 5.97 Å². The molecule has 0 spiro atoms. The summed E-state index contributed by atoms with van der Waals surface area (Å²) in [6.07, 6.45) is 1.51. The molecule has 7 heteroatoms. The summed E-state index contributed by atoms with van der Waals surface area (Å²) in [6, 6.07) is 16.2. The van der Waals surface area contributed by atoms with Crippen LogP contribution in [0.1, 0.15) is 72.1 Å². The topological polar surface area (TPSA) is 92.0 Å². The van der Waals surface area contributed by atoms with E-state index >= 15 is 0 Å². The van der Waals surface area contributed by atoms with Gasteiger partial charge in [-0.25, -0.2) is 0 Å². The van der Waals surface area contributed by atoms with Crippen LogP contribution >= 0.6 is 0 Å². The predicted molar refractivity (Wildman–Crippen MR) is 163 cm³/mol. The molecular formula is C35H40N2O5. The second-order valence-electron chi connectivity index (χ2n) is 12.7. The Morgan fingerprint density at radius 1 is 1.07 bits per heavy atom. The van der Waals surface area contributed by atoms with Crippen molar-refractivity contribution in [3.8, 4) is 34.4 Å². The Morgan fingerprint density at radius 2 is 1.79 bits per heavy atom. The van der Waals surface area contributed by atoms with Gasteiger partial charge in [-0.2, -0.15) is 5.26 Å². The first-order chi connectivity index (χ1) is 20.0. The largest absolute Gasteiger partial charge is 0.493 e. The summed E-state index contributed by atoms with van der Waals surface area (Å²) in [7, 11) is 4.15. The highest BCUT2D eigenvalue weighted by atomic mass is 16.5. The number of benzene rings is 3. The third-order valence-electron chi connectivity index (χ3n) is 8.17. The number of aryl methyl sites for hydroxylation is 2. The van der Waals surface area contributed by atoms with Crippen molar-refractivity contribution in [3.05, 3.63) is 75.8 Å². The smallest absolute Gasteiger partial charge is 0.304 e. The number of aliphatic carboxylic acids is 1. The van der Waals surface area contributed by atoms with Gasteiger partial charge in [-0.15, -0.1) is 0 Å². The quantitative estimate of drug-likeness (QED) is 0.287. The molecule has 2 atom stereocenters. The van der Waals surface area contributed by atoms with Gasteiger partial charge in [-0.1, -0.05) is 26.0 Å². The molecule has 0 aromatic heterocycles. The lowest BCUT2D eigenvalue weighted by atomic mass is 9.87. The van der Waals surface area contributed by atoms with Crippen LogP contribution in [0.3, 0.4) is 0 Å². The molecule has 0 fully saturated rings. The Morgan fingerprint density at radius 3 is 2.45 bits per heavy atom. The van der Waals surface area contributed by atoms with Crippen molar-refractivity contribution in [1.82, 2.24) is 4.90 Å². The summed E-state index contributed by atoms with van der Waals surface area (Å²) in [4.78, 5) is 13.4. The van der Waals surface area contributed by atoms with Crippen molar-refractivity contribution in [2.75, 3.05) is 33.9 Å². The average Bonchev–Trinajstić information content (AvgIpc) is 3.50. The minimum Gasteiger partial charge on any atom is -0.493 e. The van der Waals surface area contributed by atoms with Crippen molar-refractivity contribution in [2.24, 2.45) is 5.41 Å². The van der Waals surface area contributed by atoms with Crippen LogP contribution in [0.4, 0.5) is 0 Å². The summed E-state index contributed by atoms with van der Waals surface area (Å²) in [6.45, 7) is 10.5. The van der Waals surface area contributed by atoms with Gasteiger partial charge in [-0.3, -0.25) is 4.79 Å². The van der Waals surface area contributed by atoms with E-state index in [1.54, 1.807) is 0 Å². The first-order valence-electron chi connectivity index (χ1n) is 14.6. The van der Waals surface area contributed by atoms with Crippen molar-refractivity contribution in [3.63, 3.8) is 0 Å². The van der Waals surface area contributed by atoms with Gasteiger partial charge in [0.15, 0.2) is 0 Å². The summed E-state index contributed by atoms with van der Waals surface area (Å²) < 4.78 is 18.5. The fraction of sp³-hybridized carbons (Fsp3) is 0.429. The zero-order valence-electron chi connectivity index (χ0n) is 25.4. The molecule has 5 rings (SSSR count). The van der Waals surface area contributed by atoms with E-state index in [2.05, 4.69) is 64.9 Å². The molecule has 0 saturated carbocycles. The van der Waals surface area contributed by atoms with Crippen molar-refractivity contribution in [2.45, 2.75) is 59.0 Å². The lowest BCUT2D eigenvalue weighted by Gasteiger charge is -2.28. The molecule has 7 nitrogen and oxygen atoms in total. The minimum absolute atomic E-state index is 0.0123. The number of hydrogen-bond donors (Lipinski definition) is 1. The van der Waals surface area contributed by atoms with Crippen LogP contribution in [0, 0.1) is 30.6 Å². The van der Waals surface area contributed by atoms with Crippen molar-refractivity contribution >= 4 is 5.97 Å². The van der Waals surface area contributed by atoms with E-state index in [-0.39, 0.29) is 23.9 Å². The molecule has 0 bridgehead atoms.